The molecule has 3 aromatic rings. The normalized spacial score (nSPS) is 14.2. The SMILES string of the molecule is CC(NCc1nnc(-c2ccco2)o1)C(C)n1cccn1. The summed E-state index contributed by atoms with van der Waals surface area (Å²) in [5, 5.41) is 15.6. The Morgan fingerprint density at radius 1 is 1.29 bits per heavy atom. The number of nitrogens with zero attached hydrogens (tertiary/aromatic N) is 4. The van der Waals surface area contributed by atoms with Crippen LogP contribution in [0.25, 0.3) is 11.7 Å². The highest BCUT2D eigenvalue weighted by Crippen LogP contribution is 2.18. The molecule has 0 fully saturated rings. The average Bonchev–Trinajstić information content (AvgIpc) is 3.25. The predicted molar refractivity (Wildman–Crippen MR) is 75.2 cm³/mol. The van der Waals surface area contributed by atoms with Crippen molar-refractivity contribution < 1.29 is 8.83 Å². The number of hydrogen-bond acceptors (Lipinski definition) is 6. The zero-order chi connectivity index (χ0) is 14.7. The van der Waals surface area contributed by atoms with Crippen LogP contribution in [0.4, 0.5) is 0 Å². The van der Waals surface area contributed by atoms with E-state index in [1.165, 1.54) is 0 Å². The minimum absolute atomic E-state index is 0.212. The van der Waals surface area contributed by atoms with Crippen LogP contribution >= 0.6 is 0 Å². The van der Waals surface area contributed by atoms with E-state index < -0.39 is 0 Å². The maximum Gasteiger partial charge on any atom is 0.283 e. The molecule has 21 heavy (non-hydrogen) atoms. The molecule has 0 bridgehead atoms. The van der Waals surface area contributed by atoms with Crippen molar-refractivity contribution in [2.24, 2.45) is 0 Å². The molecular formula is C14H17N5O2. The van der Waals surface area contributed by atoms with E-state index in [1.807, 2.05) is 16.9 Å². The van der Waals surface area contributed by atoms with Gasteiger partial charge in [-0.3, -0.25) is 4.68 Å². The maximum absolute atomic E-state index is 5.55. The van der Waals surface area contributed by atoms with Gasteiger partial charge < -0.3 is 14.2 Å². The Hall–Kier alpha value is -2.41. The molecule has 2 atom stereocenters. The van der Waals surface area contributed by atoms with Crippen molar-refractivity contribution in [2.75, 3.05) is 0 Å². The highest BCUT2D eigenvalue weighted by atomic mass is 16.4. The monoisotopic (exact) mass is 287 g/mol. The van der Waals surface area contributed by atoms with E-state index in [9.17, 15) is 0 Å². The van der Waals surface area contributed by atoms with Crippen LogP contribution in [-0.2, 0) is 6.54 Å². The molecule has 0 aliphatic rings. The van der Waals surface area contributed by atoms with Crippen LogP contribution in [0.2, 0.25) is 0 Å². The van der Waals surface area contributed by atoms with Crippen LogP contribution in [0, 0.1) is 0 Å². The fraction of sp³-hybridized carbons (Fsp3) is 0.357. The van der Waals surface area contributed by atoms with E-state index in [1.54, 1.807) is 24.6 Å². The molecule has 0 radical (unpaired) electrons. The standard InChI is InChI=1S/C14H17N5O2/c1-10(11(2)19-7-4-6-16-19)15-9-13-17-18-14(21-13)12-5-3-8-20-12/h3-8,10-11,15H,9H2,1-2H3. The van der Waals surface area contributed by atoms with Gasteiger partial charge in [0.05, 0.1) is 18.8 Å². The largest absolute Gasteiger partial charge is 0.459 e. The summed E-state index contributed by atoms with van der Waals surface area (Å²) in [6.07, 6.45) is 5.30. The van der Waals surface area contributed by atoms with Gasteiger partial charge in [-0.05, 0) is 32.0 Å². The summed E-state index contributed by atoms with van der Waals surface area (Å²) in [7, 11) is 0. The number of rotatable bonds is 6. The highest BCUT2D eigenvalue weighted by Gasteiger charge is 2.16. The first kappa shape index (κ1) is 13.6. The molecule has 0 aliphatic heterocycles. The third kappa shape index (κ3) is 3.03. The fourth-order valence-corrected chi connectivity index (χ4v) is 1.99. The molecule has 7 heteroatoms. The Labute approximate surface area is 122 Å². The first-order valence-corrected chi connectivity index (χ1v) is 6.83. The number of hydrogen-bond donors (Lipinski definition) is 1. The zero-order valence-electron chi connectivity index (χ0n) is 11.9. The lowest BCUT2D eigenvalue weighted by Gasteiger charge is -2.20. The Morgan fingerprint density at radius 2 is 2.19 bits per heavy atom. The summed E-state index contributed by atoms with van der Waals surface area (Å²) in [5.41, 5.74) is 0. The van der Waals surface area contributed by atoms with Crippen molar-refractivity contribution in [1.82, 2.24) is 25.3 Å². The Bertz CT molecular complexity index is 659. The quantitative estimate of drug-likeness (QED) is 0.749. The van der Waals surface area contributed by atoms with Crippen molar-refractivity contribution in [3.8, 4) is 11.7 Å². The summed E-state index contributed by atoms with van der Waals surface area (Å²) >= 11 is 0. The van der Waals surface area contributed by atoms with Crippen LogP contribution < -0.4 is 5.32 Å². The molecule has 0 spiro atoms. The number of nitrogens with one attached hydrogen (secondary N) is 1. The smallest absolute Gasteiger partial charge is 0.283 e. The molecule has 110 valence electrons. The van der Waals surface area contributed by atoms with E-state index in [0.29, 0.717) is 24.1 Å². The summed E-state index contributed by atoms with van der Waals surface area (Å²) < 4.78 is 12.7. The van der Waals surface area contributed by atoms with Gasteiger partial charge in [0.2, 0.25) is 5.89 Å². The van der Waals surface area contributed by atoms with Crippen LogP contribution in [0.15, 0.2) is 45.7 Å². The van der Waals surface area contributed by atoms with Gasteiger partial charge in [-0.2, -0.15) is 5.10 Å². The van der Waals surface area contributed by atoms with Gasteiger partial charge in [0.15, 0.2) is 5.76 Å². The third-order valence-corrected chi connectivity index (χ3v) is 3.44. The number of furan rings is 1. The molecule has 2 unspecified atom stereocenters. The molecule has 3 rings (SSSR count). The summed E-state index contributed by atoms with van der Waals surface area (Å²) in [6.45, 7) is 4.70. The third-order valence-electron chi connectivity index (χ3n) is 3.44. The second-order valence-electron chi connectivity index (χ2n) is 4.87. The summed E-state index contributed by atoms with van der Waals surface area (Å²) in [5.74, 6) is 1.50. The lowest BCUT2D eigenvalue weighted by molar-refractivity contribution is 0.348. The van der Waals surface area contributed by atoms with Crippen LogP contribution in [-0.4, -0.2) is 26.0 Å². The van der Waals surface area contributed by atoms with Crippen LogP contribution in [0.3, 0.4) is 0 Å². The molecule has 7 nitrogen and oxygen atoms in total. The lowest BCUT2D eigenvalue weighted by atomic mass is 10.2. The second kappa shape index (κ2) is 5.92. The lowest BCUT2D eigenvalue weighted by Crippen LogP contribution is -2.33. The van der Waals surface area contributed by atoms with Gasteiger partial charge in [-0.15, -0.1) is 10.2 Å². The van der Waals surface area contributed by atoms with Crippen molar-refractivity contribution in [2.45, 2.75) is 32.5 Å². The molecule has 0 aliphatic carbocycles. The predicted octanol–water partition coefficient (Wildman–Crippen LogP) is 2.27. The Kier molecular flexibility index (Phi) is 3.83. The zero-order valence-corrected chi connectivity index (χ0v) is 11.9. The average molecular weight is 287 g/mol. The van der Waals surface area contributed by atoms with Gasteiger partial charge >= 0.3 is 0 Å². The van der Waals surface area contributed by atoms with Crippen molar-refractivity contribution >= 4 is 0 Å². The first-order chi connectivity index (χ1) is 10.2. The molecule has 0 aromatic carbocycles. The molecule has 0 saturated heterocycles. The highest BCUT2D eigenvalue weighted by molar-refractivity contribution is 5.42. The minimum Gasteiger partial charge on any atom is -0.459 e. The second-order valence-corrected chi connectivity index (χ2v) is 4.87. The van der Waals surface area contributed by atoms with Crippen molar-refractivity contribution in [3.05, 3.63) is 42.7 Å². The molecule has 0 saturated carbocycles. The fourth-order valence-electron chi connectivity index (χ4n) is 1.99. The van der Waals surface area contributed by atoms with Gasteiger partial charge in [-0.1, -0.05) is 0 Å². The molecule has 3 aromatic heterocycles. The Morgan fingerprint density at radius 3 is 2.90 bits per heavy atom. The molecular weight excluding hydrogens is 270 g/mol. The molecule has 3 heterocycles. The van der Waals surface area contributed by atoms with Gasteiger partial charge in [-0.25, -0.2) is 0 Å². The summed E-state index contributed by atoms with van der Waals surface area (Å²) in [6, 6.07) is 5.92. The molecule has 1 N–H and O–H groups in total. The summed E-state index contributed by atoms with van der Waals surface area (Å²) in [4.78, 5) is 0. The van der Waals surface area contributed by atoms with Crippen molar-refractivity contribution in [1.29, 1.82) is 0 Å². The first-order valence-electron chi connectivity index (χ1n) is 6.83. The van der Waals surface area contributed by atoms with Gasteiger partial charge in [0.25, 0.3) is 5.89 Å². The topological polar surface area (TPSA) is 81.9 Å². The Balaban J connectivity index is 1.58. The number of aromatic nitrogens is 4. The van der Waals surface area contributed by atoms with E-state index >= 15 is 0 Å². The van der Waals surface area contributed by atoms with E-state index in [0.717, 1.165) is 0 Å². The van der Waals surface area contributed by atoms with E-state index in [-0.39, 0.29) is 12.1 Å². The van der Waals surface area contributed by atoms with Gasteiger partial charge in [0, 0.05) is 18.4 Å². The maximum atomic E-state index is 5.55. The van der Waals surface area contributed by atoms with Crippen LogP contribution in [0.5, 0.6) is 0 Å². The van der Waals surface area contributed by atoms with Gasteiger partial charge in [0.1, 0.15) is 0 Å². The van der Waals surface area contributed by atoms with E-state index in [2.05, 4.69) is 34.5 Å². The van der Waals surface area contributed by atoms with Crippen LogP contribution in [0.1, 0.15) is 25.8 Å². The van der Waals surface area contributed by atoms with Crippen molar-refractivity contribution in [3.63, 3.8) is 0 Å². The van der Waals surface area contributed by atoms with E-state index in [4.69, 9.17) is 8.83 Å². The molecule has 0 amide bonds. The minimum atomic E-state index is 0.212.